The molecule has 2 unspecified atom stereocenters. The number of hydrogen-bond acceptors (Lipinski definition) is 7. The van der Waals surface area contributed by atoms with Crippen LogP contribution in [-0.4, -0.2) is 94.8 Å². The molecule has 4 rings (SSSR count). The Labute approximate surface area is 226 Å². The molecule has 3 aliphatic rings. The Bertz CT molecular complexity index is 1070. The molecule has 1 aromatic heterocycles. The van der Waals surface area contributed by atoms with Crippen LogP contribution in [0.25, 0.3) is 0 Å². The SMILES string of the molecule is C=CCOC(=O)N1CCN(CC23CC2N(C(=O)OC(C)(C)C)[C@H](C(=O)Nc2nc(Br)ccc2C)C3)CC1. The third-order valence-corrected chi connectivity index (χ3v) is 7.56. The highest BCUT2D eigenvalue weighted by molar-refractivity contribution is 9.10. The highest BCUT2D eigenvalue weighted by Gasteiger charge is 2.68. The molecule has 3 amide bonds. The summed E-state index contributed by atoms with van der Waals surface area (Å²) in [5.74, 6) is 0.207. The van der Waals surface area contributed by atoms with E-state index in [4.69, 9.17) is 9.47 Å². The molecule has 1 saturated carbocycles. The highest BCUT2D eigenvalue weighted by Crippen LogP contribution is 2.60. The molecule has 37 heavy (non-hydrogen) atoms. The van der Waals surface area contributed by atoms with Crippen molar-refractivity contribution in [2.45, 2.75) is 58.2 Å². The Hall–Kier alpha value is -2.66. The quantitative estimate of drug-likeness (QED) is 0.405. The Morgan fingerprint density at radius 1 is 1.19 bits per heavy atom. The first-order valence-corrected chi connectivity index (χ1v) is 13.4. The summed E-state index contributed by atoms with van der Waals surface area (Å²) < 4.78 is 11.5. The number of piperidine rings is 1. The van der Waals surface area contributed by atoms with Gasteiger partial charge in [-0.05, 0) is 68.1 Å². The first kappa shape index (κ1) is 27.4. The first-order chi connectivity index (χ1) is 17.4. The number of rotatable bonds is 6. The van der Waals surface area contributed by atoms with Gasteiger partial charge >= 0.3 is 12.2 Å². The van der Waals surface area contributed by atoms with Crippen LogP contribution in [0.5, 0.6) is 0 Å². The fraction of sp³-hybridized carbons (Fsp3) is 0.615. The van der Waals surface area contributed by atoms with Gasteiger partial charge in [0.25, 0.3) is 0 Å². The number of ether oxygens (including phenoxy) is 2. The van der Waals surface area contributed by atoms with Crippen molar-refractivity contribution >= 4 is 39.8 Å². The maximum absolute atomic E-state index is 13.5. The standard InChI is InChI=1S/C26H36BrN5O5/c1-6-13-36-23(34)31-11-9-30(10-12-31)16-26-14-18(22(33)29-21-17(2)7-8-20(27)28-21)32(19(26)15-26)24(35)37-25(3,4)5/h6-8,18-19H,1,9-16H2,2-5H3,(H,28,29,33)/t18-,19?,26?/m0/s1. The number of nitrogens with one attached hydrogen (secondary N) is 1. The number of likely N-dealkylation sites (tertiary alicyclic amines) is 1. The Kier molecular flexibility index (Phi) is 7.85. The number of anilines is 1. The van der Waals surface area contributed by atoms with E-state index in [1.165, 1.54) is 0 Å². The van der Waals surface area contributed by atoms with Crippen LogP contribution in [0.4, 0.5) is 15.4 Å². The fourth-order valence-electron chi connectivity index (χ4n) is 5.25. The van der Waals surface area contributed by atoms with Gasteiger partial charge in [-0.2, -0.15) is 0 Å². The number of aryl methyl sites for hydroxylation is 1. The summed E-state index contributed by atoms with van der Waals surface area (Å²) in [6.45, 7) is 14.4. The van der Waals surface area contributed by atoms with Gasteiger partial charge in [0.2, 0.25) is 5.91 Å². The van der Waals surface area contributed by atoms with E-state index in [2.05, 4.69) is 37.7 Å². The molecular formula is C26H36BrN5O5. The number of amides is 3. The number of piperazine rings is 1. The van der Waals surface area contributed by atoms with Crippen molar-refractivity contribution in [3.05, 3.63) is 35.0 Å². The molecule has 1 aromatic rings. The highest BCUT2D eigenvalue weighted by atomic mass is 79.9. The lowest BCUT2D eigenvalue weighted by Crippen LogP contribution is -2.50. The van der Waals surface area contributed by atoms with Crippen LogP contribution in [0.2, 0.25) is 0 Å². The predicted octanol–water partition coefficient (Wildman–Crippen LogP) is 3.80. The molecular weight excluding hydrogens is 542 g/mol. The van der Waals surface area contributed by atoms with E-state index in [0.717, 1.165) is 18.5 Å². The molecule has 1 aliphatic carbocycles. The van der Waals surface area contributed by atoms with E-state index >= 15 is 0 Å². The average Bonchev–Trinajstić information content (AvgIpc) is 3.41. The summed E-state index contributed by atoms with van der Waals surface area (Å²) in [5, 5.41) is 2.93. The summed E-state index contributed by atoms with van der Waals surface area (Å²) in [6, 6.07) is 2.98. The molecule has 2 saturated heterocycles. The second-order valence-electron chi connectivity index (χ2n) is 11.1. The van der Waals surface area contributed by atoms with Gasteiger partial charge in [-0.15, -0.1) is 0 Å². The number of aromatic nitrogens is 1. The van der Waals surface area contributed by atoms with E-state index in [0.29, 0.717) is 43.0 Å². The van der Waals surface area contributed by atoms with Crippen molar-refractivity contribution in [2.24, 2.45) is 5.41 Å². The molecule has 0 radical (unpaired) electrons. The lowest BCUT2D eigenvalue weighted by atomic mass is 9.98. The predicted molar refractivity (Wildman–Crippen MR) is 142 cm³/mol. The molecule has 11 heteroatoms. The van der Waals surface area contributed by atoms with Crippen LogP contribution in [0.15, 0.2) is 29.4 Å². The van der Waals surface area contributed by atoms with Crippen molar-refractivity contribution < 1.29 is 23.9 Å². The topological polar surface area (TPSA) is 104 Å². The zero-order valence-corrected chi connectivity index (χ0v) is 23.5. The van der Waals surface area contributed by atoms with Crippen molar-refractivity contribution in [2.75, 3.05) is 44.6 Å². The molecule has 3 fully saturated rings. The van der Waals surface area contributed by atoms with Crippen LogP contribution >= 0.6 is 15.9 Å². The van der Waals surface area contributed by atoms with E-state index in [-0.39, 0.29) is 30.1 Å². The minimum absolute atomic E-state index is 0.0646. The molecule has 0 spiro atoms. The van der Waals surface area contributed by atoms with Gasteiger partial charge in [-0.25, -0.2) is 14.6 Å². The van der Waals surface area contributed by atoms with Gasteiger partial charge in [0.05, 0.1) is 0 Å². The number of halogens is 1. The third kappa shape index (κ3) is 6.26. The van der Waals surface area contributed by atoms with Crippen LogP contribution in [0, 0.1) is 12.3 Å². The van der Waals surface area contributed by atoms with E-state index in [1.807, 2.05) is 39.8 Å². The smallest absolute Gasteiger partial charge is 0.411 e. The zero-order chi connectivity index (χ0) is 27.0. The van der Waals surface area contributed by atoms with E-state index in [9.17, 15) is 14.4 Å². The van der Waals surface area contributed by atoms with E-state index in [1.54, 1.807) is 15.9 Å². The molecule has 1 N–H and O–H groups in total. The first-order valence-electron chi connectivity index (χ1n) is 12.6. The number of pyridine rings is 1. The van der Waals surface area contributed by atoms with Crippen LogP contribution < -0.4 is 5.32 Å². The Balaban J connectivity index is 1.45. The van der Waals surface area contributed by atoms with Gasteiger partial charge in [-0.1, -0.05) is 18.7 Å². The summed E-state index contributed by atoms with van der Waals surface area (Å²) >= 11 is 3.35. The maximum atomic E-state index is 13.5. The van der Waals surface area contributed by atoms with Gasteiger partial charge in [0, 0.05) is 44.2 Å². The minimum atomic E-state index is -0.669. The lowest BCUT2D eigenvalue weighted by molar-refractivity contribution is -0.121. The third-order valence-electron chi connectivity index (χ3n) is 7.12. The molecule has 10 nitrogen and oxygen atoms in total. The van der Waals surface area contributed by atoms with Crippen LogP contribution in [0.1, 0.15) is 39.2 Å². The number of hydrogen-bond donors (Lipinski definition) is 1. The summed E-state index contributed by atoms with van der Waals surface area (Å²) in [7, 11) is 0. The second kappa shape index (κ2) is 10.6. The average molecular weight is 579 g/mol. The normalized spacial score (nSPS) is 25.3. The lowest BCUT2D eigenvalue weighted by Gasteiger charge is -2.35. The van der Waals surface area contributed by atoms with Gasteiger partial charge < -0.3 is 19.7 Å². The fourth-order valence-corrected chi connectivity index (χ4v) is 5.56. The van der Waals surface area contributed by atoms with Gasteiger partial charge in [-0.3, -0.25) is 14.6 Å². The summed E-state index contributed by atoms with van der Waals surface area (Å²) in [5.41, 5.74) is -0.00998. The monoisotopic (exact) mass is 577 g/mol. The largest absolute Gasteiger partial charge is 0.445 e. The minimum Gasteiger partial charge on any atom is -0.445 e. The summed E-state index contributed by atoms with van der Waals surface area (Å²) in [4.78, 5) is 48.9. The van der Waals surface area contributed by atoms with Crippen molar-refractivity contribution in [3.8, 4) is 0 Å². The van der Waals surface area contributed by atoms with Crippen molar-refractivity contribution in [3.63, 3.8) is 0 Å². The number of nitrogens with zero attached hydrogens (tertiary/aromatic N) is 4. The summed E-state index contributed by atoms with van der Waals surface area (Å²) in [6.07, 6.45) is 2.14. The molecule has 3 atom stereocenters. The number of carbonyl (C=O) groups excluding carboxylic acids is 3. The number of carbonyl (C=O) groups is 3. The van der Waals surface area contributed by atoms with Gasteiger partial charge in [0.15, 0.2) is 0 Å². The molecule has 0 aromatic carbocycles. The maximum Gasteiger partial charge on any atom is 0.411 e. The van der Waals surface area contributed by atoms with Gasteiger partial charge in [0.1, 0.15) is 28.7 Å². The Morgan fingerprint density at radius 3 is 2.54 bits per heavy atom. The Morgan fingerprint density at radius 2 is 1.89 bits per heavy atom. The van der Waals surface area contributed by atoms with E-state index < -0.39 is 17.7 Å². The van der Waals surface area contributed by atoms with Crippen LogP contribution in [0.3, 0.4) is 0 Å². The second-order valence-corrected chi connectivity index (χ2v) is 11.9. The zero-order valence-electron chi connectivity index (χ0n) is 22.0. The molecule has 3 heterocycles. The number of fused-ring (bicyclic) bond motifs is 1. The van der Waals surface area contributed by atoms with Crippen LogP contribution in [-0.2, 0) is 14.3 Å². The molecule has 0 bridgehead atoms. The molecule has 2 aliphatic heterocycles. The molecule has 202 valence electrons. The van der Waals surface area contributed by atoms with Crippen molar-refractivity contribution in [1.82, 2.24) is 19.7 Å². The van der Waals surface area contributed by atoms with Crippen molar-refractivity contribution in [1.29, 1.82) is 0 Å².